The maximum absolute atomic E-state index is 9.97. The highest BCUT2D eigenvalue weighted by Crippen LogP contribution is 2.42. The number of fused-ring (bicyclic) bond motifs is 1. The molecule has 0 saturated carbocycles. The van der Waals surface area contributed by atoms with Gasteiger partial charge >= 0.3 is 0 Å². The fourth-order valence-corrected chi connectivity index (χ4v) is 3.94. The predicted molar refractivity (Wildman–Crippen MR) is 86.6 cm³/mol. The molecule has 0 unspecified atom stereocenters. The molecule has 0 aromatic carbocycles. The fourth-order valence-electron chi connectivity index (χ4n) is 2.56. The number of anilines is 2. The zero-order chi connectivity index (χ0) is 15.7. The monoisotopic (exact) mass is 324 g/mol. The summed E-state index contributed by atoms with van der Waals surface area (Å²) in [5.41, 5.74) is 7.12. The fraction of sp³-hybridized carbons (Fsp3) is 0.615. The van der Waals surface area contributed by atoms with E-state index in [1.165, 1.54) is 11.8 Å². The van der Waals surface area contributed by atoms with Crippen LogP contribution in [-0.4, -0.2) is 54.2 Å². The van der Waals surface area contributed by atoms with Crippen molar-refractivity contribution < 1.29 is 10.2 Å². The third-order valence-corrected chi connectivity index (χ3v) is 5.22. The molecule has 1 fully saturated rings. The maximum Gasteiger partial charge on any atom is 0.224 e. The van der Waals surface area contributed by atoms with E-state index in [2.05, 4.69) is 27.2 Å². The molecule has 5 N–H and O–H groups in total. The Morgan fingerprint density at radius 3 is 3.00 bits per heavy atom. The van der Waals surface area contributed by atoms with Crippen LogP contribution in [0.4, 0.5) is 11.8 Å². The Balaban J connectivity index is 1.96. The molecule has 3 heterocycles. The lowest BCUT2D eigenvalue weighted by molar-refractivity contribution is 0.138. The minimum atomic E-state index is -0.533. The van der Waals surface area contributed by atoms with Gasteiger partial charge in [-0.3, -0.25) is 0 Å². The lowest BCUT2D eigenvalue weighted by Crippen LogP contribution is -2.20. The summed E-state index contributed by atoms with van der Waals surface area (Å²) in [4.78, 5) is 12.9. The first-order valence-electron chi connectivity index (χ1n) is 7.32. The van der Waals surface area contributed by atoms with Gasteiger partial charge < -0.3 is 25.8 Å². The van der Waals surface area contributed by atoms with Crippen molar-refractivity contribution in [1.82, 2.24) is 19.5 Å². The average molecular weight is 324 g/mol. The number of aliphatic hydroxyl groups is 2. The van der Waals surface area contributed by atoms with Crippen molar-refractivity contribution in [2.45, 2.75) is 36.5 Å². The van der Waals surface area contributed by atoms with E-state index < -0.39 is 6.10 Å². The number of aliphatic hydroxyl groups excluding tert-OH is 2. The third-order valence-electron chi connectivity index (χ3n) is 3.68. The van der Waals surface area contributed by atoms with E-state index in [9.17, 15) is 10.2 Å². The summed E-state index contributed by atoms with van der Waals surface area (Å²) in [6.07, 6.45) is 2.67. The summed E-state index contributed by atoms with van der Waals surface area (Å²) in [6, 6.07) is 0. The number of thioether (sulfide) groups is 1. The van der Waals surface area contributed by atoms with Crippen LogP contribution in [0.5, 0.6) is 0 Å². The van der Waals surface area contributed by atoms with Crippen LogP contribution in [0.2, 0.25) is 0 Å². The van der Waals surface area contributed by atoms with Crippen molar-refractivity contribution in [3.8, 4) is 0 Å². The highest BCUT2D eigenvalue weighted by Gasteiger charge is 2.35. The number of nitrogens with zero attached hydrogens (tertiary/aromatic N) is 4. The topological polar surface area (TPSA) is 122 Å². The van der Waals surface area contributed by atoms with Gasteiger partial charge in [0, 0.05) is 13.0 Å². The summed E-state index contributed by atoms with van der Waals surface area (Å²) in [5.74, 6) is 0.820. The van der Waals surface area contributed by atoms with E-state index in [-0.39, 0.29) is 23.2 Å². The summed E-state index contributed by atoms with van der Waals surface area (Å²) in [7, 11) is 0. The first-order valence-corrected chi connectivity index (χ1v) is 8.26. The largest absolute Gasteiger partial charge is 0.395 e. The zero-order valence-corrected chi connectivity index (χ0v) is 13.1. The van der Waals surface area contributed by atoms with Gasteiger partial charge in [-0.15, -0.1) is 11.8 Å². The molecule has 8 nitrogen and oxygen atoms in total. The number of nitrogens with two attached hydrogens (primary N) is 1. The van der Waals surface area contributed by atoms with E-state index in [4.69, 9.17) is 5.73 Å². The van der Waals surface area contributed by atoms with Crippen molar-refractivity contribution in [1.29, 1.82) is 0 Å². The molecule has 2 aromatic heterocycles. The molecule has 3 rings (SSSR count). The molecule has 0 aliphatic carbocycles. The number of hydrogen-bond acceptors (Lipinski definition) is 8. The summed E-state index contributed by atoms with van der Waals surface area (Å²) in [6.45, 7) is 2.80. The number of hydrogen-bond donors (Lipinski definition) is 4. The van der Waals surface area contributed by atoms with E-state index in [0.29, 0.717) is 23.4 Å². The van der Waals surface area contributed by atoms with Crippen LogP contribution < -0.4 is 11.1 Å². The van der Waals surface area contributed by atoms with Crippen LogP contribution in [0.25, 0.3) is 11.2 Å². The van der Waals surface area contributed by atoms with E-state index in [0.717, 1.165) is 13.0 Å². The molecule has 22 heavy (non-hydrogen) atoms. The van der Waals surface area contributed by atoms with Gasteiger partial charge in [0.25, 0.3) is 0 Å². The summed E-state index contributed by atoms with van der Waals surface area (Å²) >= 11 is 1.52. The molecule has 2 aromatic rings. The van der Waals surface area contributed by atoms with Crippen molar-refractivity contribution in [3.63, 3.8) is 0 Å². The SMILES string of the molecule is CCCNc1nc(N)nc2c1ncn2[C@@H]1C[C@H](O)[C@@H](CO)S1. The molecule has 1 aliphatic rings. The number of aromatic nitrogens is 4. The van der Waals surface area contributed by atoms with Crippen LogP contribution in [-0.2, 0) is 0 Å². The Kier molecular flexibility index (Phi) is 4.37. The second-order valence-electron chi connectivity index (χ2n) is 5.30. The number of rotatable bonds is 5. The molecule has 0 radical (unpaired) electrons. The Labute approximate surface area is 132 Å². The van der Waals surface area contributed by atoms with Crippen LogP contribution >= 0.6 is 11.8 Å². The molecule has 9 heteroatoms. The highest BCUT2D eigenvalue weighted by molar-refractivity contribution is 8.00. The van der Waals surface area contributed by atoms with Crippen LogP contribution in [0, 0.1) is 0 Å². The molecule has 0 bridgehead atoms. The lowest BCUT2D eigenvalue weighted by atomic mass is 10.2. The summed E-state index contributed by atoms with van der Waals surface area (Å²) < 4.78 is 1.90. The Bertz CT molecular complexity index is 663. The van der Waals surface area contributed by atoms with Crippen molar-refractivity contribution >= 4 is 34.7 Å². The second-order valence-corrected chi connectivity index (χ2v) is 6.72. The molecule has 120 valence electrons. The van der Waals surface area contributed by atoms with Crippen LogP contribution in [0.15, 0.2) is 6.33 Å². The second kappa shape index (κ2) is 6.27. The van der Waals surface area contributed by atoms with E-state index >= 15 is 0 Å². The first kappa shape index (κ1) is 15.3. The Hall–Kier alpha value is -1.58. The molecular formula is C13H20N6O2S. The molecule has 3 atom stereocenters. The minimum Gasteiger partial charge on any atom is -0.395 e. The van der Waals surface area contributed by atoms with E-state index in [1.807, 2.05) is 4.57 Å². The highest BCUT2D eigenvalue weighted by atomic mass is 32.2. The minimum absolute atomic E-state index is 0.0227. The smallest absolute Gasteiger partial charge is 0.224 e. The molecule has 0 amide bonds. The number of nitrogen functional groups attached to an aromatic ring is 1. The van der Waals surface area contributed by atoms with Crippen molar-refractivity contribution in [3.05, 3.63) is 6.33 Å². The van der Waals surface area contributed by atoms with Gasteiger partial charge in [0.05, 0.1) is 29.7 Å². The van der Waals surface area contributed by atoms with Gasteiger partial charge in [0.2, 0.25) is 5.95 Å². The lowest BCUT2D eigenvalue weighted by Gasteiger charge is -2.12. The van der Waals surface area contributed by atoms with Gasteiger partial charge in [-0.2, -0.15) is 9.97 Å². The van der Waals surface area contributed by atoms with Crippen LogP contribution in [0.3, 0.4) is 0 Å². The molecule has 1 saturated heterocycles. The van der Waals surface area contributed by atoms with Crippen molar-refractivity contribution in [2.75, 3.05) is 24.2 Å². The standard InChI is InChI=1S/C13H20N6O2S/c1-2-3-15-11-10-12(18-13(14)17-11)19(6-16-10)9-4-7(21)8(5-20)22-9/h6-9,20-21H,2-5H2,1H3,(H3,14,15,17,18)/t7-,8+,9-/m0/s1. The molecular weight excluding hydrogens is 304 g/mol. The van der Waals surface area contributed by atoms with Gasteiger partial charge in [-0.1, -0.05) is 6.92 Å². The van der Waals surface area contributed by atoms with Gasteiger partial charge in [0.15, 0.2) is 17.0 Å². The maximum atomic E-state index is 9.97. The quantitative estimate of drug-likeness (QED) is 0.630. The van der Waals surface area contributed by atoms with Crippen molar-refractivity contribution in [2.24, 2.45) is 0 Å². The zero-order valence-electron chi connectivity index (χ0n) is 12.3. The number of nitrogens with one attached hydrogen (secondary N) is 1. The Morgan fingerprint density at radius 1 is 1.50 bits per heavy atom. The summed E-state index contributed by atoms with van der Waals surface area (Å²) in [5, 5.41) is 22.3. The van der Waals surface area contributed by atoms with Gasteiger partial charge in [-0.05, 0) is 6.42 Å². The van der Waals surface area contributed by atoms with Crippen LogP contribution in [0.1, 0.15) is 25.1 Å². The molecule has 0 spiro atoms. The predicted octanol–water partition coefficient (Wildman–Crippen LogP) is 0.588. The number of imidazole rings is 1. The van der Waals surface area contributed by atoms with Gasteiger partial charge in [-0.25, -0.2) is 4.98 Å². The molecule has 1 aliphatic heterocycles. The normalized spacial score (nSPS) is 25.0. The average Bonchev–Trinajstić information content (AvgIpc) is 3.07. The Morgan fingerprint density at radius 2 is 2.32 bits per heavy atom. The van der Waals surface area contributed by atoms with E-state index in [1.54, 1.807) is 6.33 Å². The third kappa shape index (κ3) is 2.71. The first-order chi connectivity index (χ1) is 10.6. The van der Waals surface area contributed by atoms with Gasteiger partial charge in [0.1, 0.15) is 0 Å².